The molecule has 178 valence electrons. The number of alkyl halides is 3. The maximum absolute atomic E-state index is 12.8. The molecule has 3 rings (SSSR count). The van der Waals surface area contributed by atoms with Gasteiger partial charge >= 0.3 is 6.36 Å². The first-order valence-corrected chi connectivity index (χ1v) is 10.7. The lowest BCUT2D eigenvalue weighted by Gasteiger charge is -2.11. The van der Waals surface area contributed by atoms with E-state index in [4.69, 9.17) is 4.74 Å². The van der Waals surface area contributed by atoms with Gasteiger partial charge in [-0.15, -0.1) is 24.9 Å². The second kappa shape index (κ2) is 11.5. The van der Waals surface area contributed by atoms with Gasteiger partial charge in [0.1, 0.15) is 23.2 Å². The maximum Gasteiger partial charge on any atom is 0.573 e. The minimum absolute atomic E-state index is 0.0921. The Morgan fingerprint density at radius 1 is 1.03 bits per heavy atom. The molecule has 0 spiro atoms. The number of pyridine rings is 2. The number of halogens is 3. The maximum atomic E-state index is 12.8. The van der Waals surface area contributed by atoms with Crippen molar-refractivity contribution >= 4 is 35.1 Å². The molecule has 0 aliphatic carbocycles. The van der Waals surface area contributed by atoms with Gasteiger partial charge in [-0.2, -0.15) is 0 Å². The number of methoxy groups -OCH3 is 1. The van der Waals surface area contributed by atoms with Crippen molar-refractivity contribution in [1.82, 2.24) is 9.97 Å². The van der Waals surface area contributed by atoms with E-state index >= 15 is 0 Å². The molecular weight excluding hydrogens is 473 g/mol. The Kier molecular flexibility index (Phi) is 8.44. The van der Waals surface area contributed by atoms with E-state index in [1.807, 2.05) is 0 Å². The zero-order valence-electron chi connectivity index (χ0n) is 17.8. The molecular formula is C22H19F3N4O4S. The smallest absolute Gasteiger partial charge is 0.406 e. The average molecular weight is 492 g/mol. The Hall–Kier alpha value is -3.64. The molecule has 0 saturated carbocycles. The molecule has 12 heteroatoms. The molecule has 3 aromatic rings. The Labute approximate surface area is 196 Å². The summed E-state index contributed by atoms with van der Waals surface area (Å²) in [6.45, 7) is -0.0921. The van der Waals surface area contributed by atoms with Crippen LogP contribution < -0.4 is 15.4 Å². The molecule has 2 heterocycles. The van der Waals surface area contributed by atoms with E-state index in [0.29, 0.717) is 27.8 Å². The van der Waals surface area contributed by atoms with E-state index in [-0.39, 0.29) is 12.5 Å². The van der Waals surface area contributed by atoms with Gasteiger partial charge in [0.2, 0.25) is 0 Å². The summed E-state index contributed by atoms with van der Waals surface area (Å²) in [5.41, 5.74) is 1.43. The van der Waals surface area contributed by atoms with Crippen LogP contribution in [0.5, 0.6) is 5.75 Å². The number of ether oxygens (including phenoxy) is 2. The molecule has 0 saturated heterocycles. The molecule has 0 fully saturated rings. The fraction of sp³-hybridized carbons (Fsp3) is 0.182. The van der Waals surface area contributed by atoms with Crippen LogP contribution in [0.15, 0.2) is 66.0 Å². The van der Waals surface area contributed by atoms with Crippen molar-refractivity contribution in [3.05, 3.63) is 72.1 Å². The number of anilines is 2. The molecule has 2 aromatic heterocycles. The summed E-state index contributed by atoms with van der Waals surface area (Å²) >= 11 is 1.30. The van der Waals surface area contributed by atoms with Gasteiger partial charge < -0.3 is 20.1 Å². The van der Waals surface area contributed by atoms with Gasteiger partial charge in [-0.3, -0.25) is 9.59 Å². The number of hydrogen-bond acceptors (Lipinski definition) is 7. The number of nitrogens with zero attached hydrogens (tertiary/aromatic N) is 2. The zero-order chi connectivity index (χ0) is 24.6. The normalized spacial score (nSPS) is 11.1. The average Bonchev–Trinajstić information content (AvgIpc) is 2.78. The predicted octanol–water partition coefficient (Wildman–Crippen LogP) is 4.50. The van der Waals surface area contributed by atoms with E-state index in [9.17, 15) is 22.8 Å². The molecule has 34 heavy (non-hydrogen) atoms. The lowest BCUT2D eigenvalue weighted by atomic mass is 10.2. The number of rotatable bonds is 9. The highest BCUT2D eigenvalue weighted by Crippen LogP contribution is 2.27. The fourth-order valence-electron chi connectivity index (χ4n) is 2.71. The molecule has 0 aliphatic heterocycles. The van der Waals surface area contributed by atoms with Gasteiger partial charge in [-0.05, 0) is 54.1 Å². The number of thioether (sulfide) groups is 1. The van der Waals surface area contributed by atoms with Gasteiger partial charge in [0, 0.05) is 30.9 Å². The molecule has 0 atom stereocenters. The Morgan fingerprint density at radius 2 is 1.79 bits per heavy atom. The van der Waals surface area contributed by atoms with E-state index in [2.05, 4.69) is 25.3 Å². The third-order valence-corrected chi connectivity index (χ3v) is 5.18. The molecule has 2 amide bonds. The number of amides is 2. The van der Waals surface area contributed by atoms with Crippen molar-refractivity contribution in [3.8, 4) is 5.75 Å². The Morgan fingerprint density at radius 3 is 2.50 bits per heavy atom. The zero-order valence-corrected chi connectivity index (χ0v) is 18.6. The van der Waals surface area contributed by atoms with E-state index in [1.165, 1.54) is 31.0 Å². The summed E-state index contributed by atoms with van der Waals surface area (Å²) in [6.07, 6.45) is -1.69. The van der Waals surface area contributed by atoms with Crippen molar-refractivity contribution in [2.24, 2.45) is 0 Å². The van der Waals surface area contributed by atoms with Gasteiger partial charge in [0.05, 0.1) is 5.56 Å². The monoisotopic (exact) mass is 492 g/mol. The van der Waals surface area contributed by atoms with Crippen LogP contribution in [0.2, 0.25) is 0 Å². The quantitative estimate of drug-likeness (QED) is 0.424. The van der Waals surface area contributed by atoms with Crippen molar-refractivity contribution in [3.63, 3.8) is 0 Å². The number of aromatic nitrogens is 2. The lowest BCUT2D eigenvalue weighted by Crippen LogP contribution is -2.17. The first-order chi connectivity index (χ1) is 16.2. The van der Waals surface area contributed by atoms with Crippen LogP contribution in [-0.2, 0) is 15.3 Å². The van der Waals surface area contributed by atoms with Crippen LogP contribution in [-0.4, -0.2) is 41.9 Å². The summed E-state index contributed by atoms with van der Waals surface area (Å²) in [5.74, 6) is -0.379. The van der Waals surface area contributed by atoms with Crippen LogP contribution in [0.3, 0.4) is 0 Å². The first kappa shape index (κ1) is 25.0. The van der Waals surface area contributed by atoms with Crippen molar-refractivity contribution in [1.29, 1.82) is 0 Å². The molecule has 0 unspecified atom stereocenters. The summed E-state index contributed by atoms with van der Waals surface area (Å²) in [7, 11) is 1.41. The lowest BCUT2D eigenvalue weighted by molar-refractivity contribution is -0.274. The second-order valence-corrected chi connectivity index (χ2v) is 7.67. The topological polar surface area (TPSA) is 102 Å². The molecule has 0 radical (unpaired) electrons. The third-order valence-electron chi connectivity index (χ3n) is 4.10. The number of carbonyl (C=O) groups is 2. The van der Waals surface area contributed by atoms with Crippen molar-refractivity contribution in [2.75, 3.05) is 24.4 Å². The number of benzene rings is 1. The highest BCUT2D eigenvalue weighted by Gasteiger charge is 2.31. The van der Waals surface area contributed by atoms with E-state index in [0.717, 1.165) is 17.7 Å². The summed E-state index contributed by atoms with van der Waals surface area (Å²) in [6, 6.07) is 11.5. The largest absolute Gasteiger partial charge is 0.573 e. The minimum atomic E-state index is -4.79. The summed E-state index contributed by atoms with van der Waals surface area (Å²) < 4.78 is 45.5. The molecule has 0 bridgehead atoms. The molecule has 0 aliphatic rings. The van der Waals surface area contributed by atoms with Gasteiger partial charge in [0.15, 0.2) is 0 Å². The number of carbonyl (C=O) groups excluding carboxylic acids is 2. The van der Waals surface area contributed by atoms with Crippen LogP contribution >= 0.6 is 11.8 Å². The van der Waals surface area contributed by atoms with Crippen LogP contribution in [0.4, 0.5) is 24.7 Å². The van der Waals surface area contributed by atoms with Crippen molar-refractivity contribution in [2.45, 2.75) is 17.1 Å². The molecule has 2 N–H and O–H groups in total. The summed E-state index contributed by atoms with van der Waals surface area (Å²) in [4.78, 5) is 32.8. The van der Waals surface area contributed by atoms with E-state index < -0.39 is 18.0 Å². The molecule has 8 nitrogen and oxygen atoms in total. The number of hydrogen-bond donors (Lipinski definition) is 2. The van der Waals surface area contributed by atoms with Crippen LogP contribution in [0.25, 0.3) is 0 Å². The van der Waals surface area contributed by atoms with Gasteiger partial charge in [0.25, 0.3) is 11.8 Å². The number of nitrogens with one attached hydrogen (secondary N) is 2. The summed E-state index contributed by atoms with van der Waals surface area (Å²) in [5, 5.41) is 5.71. The highest BCUT2D eigenvalue weighted by molar-refractivity contribution is 7.98. The fourth-order valence-corrected chi connectivity index (χ4v) is 3.65. The SMILES string of the molecule is COCC(=O)Nc1cc(CSc2ncccc2C(=O)Nc2ccc(OC(F)(F)F)cc2)ccn1. The first-order valence-electron chi connectivity index (χ1n) is 9.72. The second-order valence-electron chi connectivity index (χ2n) is 6.70. The Bertz CT molecular complexity index is 1140. The van der Waals surface area contributed by atoms with Crippen molar-refractivity contribution < 1.29 is 32.2 Å². The predicted molar refractivity (Wildman–Crippen MR) is 120 cm³/mol. The minimum Gasteiger partial charge on any atom is -0.406 e. The third kappa shape index (κ3) is 7.74. The van der Waals surface area contributed by atoms with Gasteiger partial charge in [-0.25, -0.2) is 9.97 Å². The van der Waals surface area contributed by atoms with Crippen LogP contribution in [0.1, 0.15) is 15.9 Å². The van der Waals surface area contributed by atoms with Gasteiger partial charge in [-0.1, -0.05) is 0 Å². The highest BCUT2D eigenvalue weighted by atomic mass is 32.2. The standard InChI is InChI=1S/C22H19F3N4O4S/c1-32-12-19(30)29-18-11-14(8-10-26-18)13-34-21-17(3-2-9-27-21)20(31)28-15-4-6-16(7-5-15)33-22(23,24)25/h2-11H,12-13H2,1H3,(H,28,31)(H,26,29,30). The molecule has 1 aromatic carbocycles. The van der Waals surface area contributed by atoms with Crippen LogP contribution in [0, 0.1) is 0 Å². The Balaban J connectivity index is 1.64. The van der Waals surface area contributed by atoms with E-state index in [1.54, 1.807) is 36.7 Å².